The van der Waals surface area contributed by atoms with E-state index in [0.717, 1.165) is 38.6 Å². The Morgan fingerprint density at radius 1 is 1.17 bits per heavy atom. The molecule has 2 atom stereocenters. The number of hydrogen-bond donors (Lipinski definition) is 1. The highest BCUT2D eigenvalue weighted by molar-refractivity contribution is 4.70. The van der Waals surface area contributed by atoms with E-state index in [2.05, 4.69) is 26.1 Å². The first kappa shape index (κ1) is 15.9. The van der Waals surface area contributed by atoms with Crippen LogP contribution in [0, 0.1) is 5.92 Å². The lowest BCUT2D eigenvalue weighted by atomic mass is 9.89. The molecule has 3 nitrogen and oxygen atoms in total. The maximum Gasteiger partial charge on any atom is 0.0594 e. The Hall–Kier alpha value is -0.120. The summed E-state index contributed by atoms with van der Waals surface area (Å²) >= 11 is 0. The van der Waals surface area contributed by atoms with Crippen molar-refractivity contribution >= 4 is 0 Å². The van der Waals surface area contributed by atoms with Crippen LogP contribution in [0.3, 0.4) is 0 Å². The molecule has 0 saturated heterocycles. The molecule has 2 unspecified atom stereocenters. The van der Waals surface area contributed by atoms with Crippen LogP contribution in [0.4, 0.5) is 0 Å². The van der Waals surface area contributed by atoms with Gasteiger partial charge >= 0.3 is 0 Å². The fourth-order valence-corrected chi connectivity index (χ4v) is 2.47. The molecule has 0 spiro atoms. The number of rotatable bonds is 9. The van der Waals surface area contributed by atoms with Gasteiger partial charge in [0, 0.05) is 13.2 Å². The molecule has 0 amide bonds. The Balaban J connectivity index is 1.83. The Labute approximate surface area is 113 Å². The average molecular weight is 257 g/mol. The monoisotopic (exact) mass is 257 g/mol. The van der Waals surface area contributed by atoms with Gasteiger partial charge in [-0.1, -0.05) is 19.8 Å². The molecule has 0 aromatic rings. The molecule has 0 aromatic carbocycles. The number of ether oxygens (including phenoxy) is 2. The van der Waals surface area contributed by atoms with E-state index in [4.69, 9.17) is 9.47 Å². The van der Waals surface area contributed by atoms with Crippen molar-refractivity contribution in [3.63, 3.8) is 0 Å². The molecule has 0 radical (unpaired) electrons. The van der Waals surface area contributed by atoms with Crippen molar-refractivity contribution < 1.29 is 9.47 Å². The Morgan fingerprint density at radius 2 is 2.00 bits per heavy atom. The minimum atomic E-state index is 0.349. The molecule has 0 aromatic heterocycles. The molecule has 1 aliphatic rings. The van der Waals surface area contributed by atoms with Crippen molar-refractivity contribution in [1.82, 2.24) is 5.32 Å². The highest BCUT2D eigenvalue weighted by atomic mass is 16.5. The predicted molar refractivity (Wildman–Crippen MR) is 75.9 cm³/mol. The molecule has 108 valence electrons. The maximum atomic E-state index is 5.90. The van der Waals surface area contributed by atoms with E-state index < -0.39 is 0 Å². The van der Waals surface area contributed by atoms with Gasteiger partial charge in [0.2, 0.25) is 0 Å². The lowest BCUT2D eigenvalue weighted by molar-refractivity contribution is 0.0170. The van der Waals surface area contributed by atoms with Crippen LogP contribution in [-0.4, -0.2) is 38.5 Å². The molecule has 3 heteroatoms. The molecule has 18 heavy (non-hydrogen) atoms. The van der Waals surface area contributed by atoms with E-state index in [9.17, 15) is 0 Å². The van der Waals surface area contributed by atoms with E-state index in [0.29, 0.717) is 12.2 Å². The van der Waals surface area contributed by atoms with Crippen molar-refractivity contribution in [3.05, 3.63) is 0 Å². The summed E-state index contributed by atoms with van der Waals surface area (Å²) < 4.78 is 11.4. The van der Waals surface area contributed by atoms with E-state index in [1.807, 2.05) is 0 Å². The zero-order chi connectivity index (χ0) is 13.2. The fourth-order valence-electron chi connectivity index (χ4n) is 2.47. The van der Waals surface area contributed by atoms with Crippen molar-refractivity contribution in [2.75, 3.05) is 26.3 Å². The van der Waals surface area contributed by atoms with Gasteiger partial charge in [-0.25, -0.2) is 0 Å². The number of hydrogen-bond acceptors (Lipinski definition) is 3. The summed E-state index contributed by atoms with van der Waals surface area (Å²) in [5, 5.41) is 3.40. The van der Waals surface area contributed by atoms with Crippen LogP contribution >= 0.6 is 0 Å². The van der Waals surface area contributed by atoms with Crippen LogP contribution in [0.25, 0.3) is 0 Å². The Bertz CT molecular complexity index is 197. The summed E-state index contributed by atoms with van der Waals surface area (Å²) in [7, 11) is 0. The Kier molecular flexibility index (Phi) is 8.64. The zero-order valence-electron chi connectivity index (χ0n) is 12.4. The fraction of sp³-hybridized carbons (Fsp3) is 1.00. The summed E-state index contributed by atoms with van der Waals surface area (Å²) in [6.45, 7) is 10.2. The van der Waals surface area contributed by atoms with Crippen molar-refractivity contribution in [2.45, 2.75) is 65.1 Å². The molecule has 1 rings (SSSR count). The molecular formula is C15H31NO2. The molecule has 1 saturated carbocycles. The van der Waals surface area contributed by atoms with Gasteiger partial charge in [-0.3, -0.25) is 0 Å². The predicted octanol–water partition coefficient (Wildman–Crippen LogP) is 2.99. The quantitative estimate of drug-likeness (QED) is 0.644. The largest absolute Gasteiger partial charge is 0.379 e. The standard InChI is InChI=1S/C15H31NO2/c1-13(2)17-10-5-8-16-9-11-18-15-7-4-6-14(3)12-15/h13-16H,4-12H2,1-3H3. The maximum absolute atomic E-state index is 5.90. The van der Waals surface area contributed by atoms with Crippen molar-refractivity contribution in [1.29, 1.82) is 0 Å². The lowest BCUT2D eigenvalue weighted by Gasteiger charge is -2.26. The highest BCUT2D eigenvalue weighted by Gasteiger charge is 2.18. The van der Waals surface area contributed by atoms with Gasteiger partial charge in [-0.15, -0.1) is 0 Å². The van der Waals surface area contributed by atoms with E-state index in [1.54, 1.807) is 0 Å². The summed E-state index contributed by atoms with van der Waals surface area (Å²) in [5.74, 6) is 0.852. The topological polar surface area (TPSA) is 30.5 Å². The first-order valence-electron chi connectivity index (χ1n) is 7.62. The lowest BCUT2D eigenvalue weighted by Crippen LogP contribution is -2.27. The van der Waals surface area contributed by atoms with Gasteiger partial charge < -0.3 is 14.8 Å². The minimum Gasteiger partial charge on any atom is -0.379 e. The van der Waals surface area contributed by atoms with Gasteiger partial charge in [0.1, 0.15) is 0 Å². The van der Waals surface area contributed by atoms with Crippen molar-refractivity contribution in [3.8, 4) is 0 Å². The molecule has 0 bridgehead atoms. The first-order valence-corrected chi connectivity index (χ1v) is 7.62. The van der Waals surface area contributed by atoms with Crippen molar-refractivity contribution in [2.24, 2.45) is 5.92 Å². The SMILES string of the molecule is CC1CCCC(OCCNCCCOC(C)C)C1. The van der Waals surface area contributed by atoms with Gasteiger partial charge in [0.15, 0.2) is 0 Å². The molecule has 1 aliphatic carbocycles. The van der Waals surface area contributed by atoms with Crippen LogP contribution in [0.1, 0.15) is 52.9 Å². The zero-order valence-corrected chi connectivity index (χ0v) is 12.4. The second-order valence-electron chi connectivity index (χ2n) is 5.79. The number of nitrogens with one attached hydrogen (secondary N) is 1. The molecule has 0 aliphatic heterocycles. The van der Waals surface area contributed by atoms with E-state index in [-0.39, 0.29) is 0 Å². The van der Waals surface area contributed by atoms with Crippen LogP contribution < -0.4 is 5.32 Å². The third-order valence-corrected chi connectivity index (χ3v) is 3.47. The van der Waals surface area contributed by atoms with Crippen LogP contribution in [-0.2, 0) is 9.47 Å². The second kappa shape index (κ2) is 9.76. The van der Waals surface area contributed by atoms with Crippen LogP contribution in [0.15, 0.2) is 0 Å². The third-order valence-electron chi connectivity index (χ3n) is 3.47. The molecular weight excluding hydrogens is 226 g/mol. The minimum absolute atomic E-state index is 0.349. The smallest absolute Gasteiger partial charge is 0.0594 e. The van der Waals surface area contributed by atoms with E-state index in [1.165, 1.54) is 25.7 Å². The normalized spacial score (nSPS) is 24.7. The van der Waals surface area contributed by atoms with Gasteiger partial charge in [0.25, 0.3) is 0 Å². The third kappa shape index (κ3) is 8.06. The van der Waals surface area contributed by atoms with Gasteiger partial charge in [0.05, 0.1) is 18.8 Å². The summed E-state index contributed by atoms with van der Waals surface area (Å²) in [6, 6.07) is 0. The van der Waals surface area contributed by atoms with E-state index >= 15 is 0 Å². The Morgan fingerprint density at radius 3 is 2.72 bits per heavy atom. The summed E-state index contributed by atoms with van der Waals surface area (Å²) in [6.07, 6.45) is 7.18. The van der Waals surface area contributed by atoms with Crippen LogP contribution in [0.2, 0.25) is 0 Å². The second-order valence-corrected chi connectivity index (χ2v) is 5.79. The first-order chi connectivity index (χ1) is 8.68. The highest BCUT2D eigenvalue weighted by Crippen LogP contribution is 2.25. The molecule has 1 fully saturated rings. The summed E-state index contributed by atoms with van der Waals surface area (Å²) in [5.41, 5.74) is 0. The summed E-state index contributed by atoms with van der Waals surface area (Å²) in [4.78, 5) is 0. The molecule has 0 heterocycles. The average Bonchev–Trinajstić information content (AvgIpc) is 2.32. The van der Waals surface area contributed by atoms with Gasteiger partial charge in [-0.05, 0) is 45.6 Å². The molecule has 1 N–H and O–H groups in total. The van der Waals surface area contributed by atoms with Crippen LogP contribution in [0.5, 0.6) is 0 Å². The van der Waals surface area contributed by atoms with Gasteiger partial charge in [-0.2, -0.15) is 0 Å².